The molecule has 2 rings (SSSR count). The van der Waals surface area contributed by atoms with Crippen molar-refractivity contribution in [1.29, 1.82) is 5.26 Å². The number of anilines is 1. The van der Waals surface area contributed by atoms with Crippen molar-refractivity contribution >= 4 is 23.0 Å². The van der Waals surface area contributed by atoms with Crippen LogP contribution in [0.1, 0.15) is 18.1 Å². The number of benzene rings is 1. The van der Waals surface area contributed by atoms with Crippen molar-refractivity contribution < 1.29 is 25.0 Å². The molecule has 0 aliphatic rings. The van der Waals surface area contributed by atoms with E-state index in [1.807, 2.05) is 0 Å². The molecule has 0 fully saturated rings. The number of aliphatic hydroxyl groups is 1. The van der Waals surface area contributed by atoms with Gasteiger partial charge in [0.15, 0.2) is 11.3 Å². The summed E-state index contributed by atoms with van der Waals surface area (Å²) in [5.74, 6) is -3.59. The summed E-state index contributed by atoms with van der Waals surface area (Å²) < 4.78 is 0. The highest BCUT2D eigenvalue weighted by Crippen LogP contribution is 2.38. The first kappa shape index (κ1) is 20.2. The van der Waals surface area contributed by atoms with E-state index in [1.165, 1.54) is 17.3 Å². The molecule has 0 bridgehead atoms. The molecule has 0 spiro atoms. The van der Waals surface area contributed by atoms with E-state index >= 15 is 0 Å². The Bertz CT molecular complexity index is 1030. The Morgan fingerprint density at radius 1 is 1.39 bits per heavy atom. The van der Waals surface area contributed by atoms with Crippen LogP contribution in [0.5, 0.6) is 11.5 Å². The number of nitro groups is 1. The lowest BCUT2D eigenvalue weighted by Crippen LogP contribution is -2.32. The number of nitro benzene ring substituents is 1. The highest BCUT2D eigenvalue weighted by atomic mass is 16.6. The Morgan fingerprint density at radius 2 is 2.07 bits per heavy atom. The number of aromatic hydroxyl groups is 2. The molecule has 0 aliphatic heterocycles. The summed E-state index contributed by atoms with van der Waals surface area (Å²) in [5, 5.41) is 50.0. The van der Waals surface area contributed by atoms with Gasteiger partial charge in [-0.1, -0.05) is 0 Å². The predicted octanol–water partition coefficient (Wildman–Crippen LogP) is 2.56. The molecular formula is C18H16N4O6. The second-order valence-corrected chi connectivity index (χ2v) is 5.67. The minimum Gasteiger partial charge on any atom is -0.506 e. The number of aryl methyl sites for hydroxylation is 1. The summed E-state index contributed by atoms with van der Waals surface area (Å²) in [6.07, 6.45) is 2.97. The number of phenolic OH excluding ortho intramolecular Hbond substituents is 2. The van der Waals surface area contributed by atoms with E-state index in [9.17, 15) is 35.5 Å². The van der Waals surface area contributed by atoms with Crippen LogP contribution in [0.15, 0.2) is 36.2 Å². The lowest BCUT2D eigenvalue weighted by Gasteiger charge is -2.22. The van der Waals surface area contributed by atoms with Crippen LogP contribution >= 0.6 is 0 Å². The quantitative estimate of drug-likeness (QED) is 0.177. The highest BCUT2D eigenvalue weighted by Gasteiger charge is 2.27. The standard InChI is InChI=1S/C18H16N4O6/c1-3-21(14-9-20-5-4-10(14)2)18(26)12(8-19)16(24)11-6-13(22(27)28)17(25)15(23)7-11/h4-7,9,23-25H,3H2,1-2H3/b16-12-. The molecule has 0 saturated heterocycles. The molecule has 1 aromatic carbocycles. The van der Waals surface area contributed by atoms with Crippen LogP contribution < -0.4 is 4.90 Å². The third-order valence-corrected chi connectivity index (χ3v) is 3.97. The summed E-state index contributed by atoms with van der Waals surface area (Å²) in [6, 6.07) is 4.82. The normalized spacial score (nSPS) is 11.3. The Labute approximate surface area is 159 Å². The number of likely N-dealkylation sites (N-methyl/N-ethyl adjacent to an activating group) is 1. The zero-order valence-electron chi connectivity index (χ0n) is 14.9. The first-order chi connectivity index (χ1) is 13.2. The van der Waals surface area contributed by atoms with Crippen molar-refractivity contribution in [2.45, 2.75) is 13.8 Å². The second kappa shape index (κ2) is 8.05. The number of carbonyl (C=O) groups excluding carboxylic acids is 1. The fourth-order valence-corrected chi connectivity index (χ4v) is 2.52. The zero-order chi connectivity index (χ0) is 21.0. The molecular weight excluding hydrogens is 368 g/mol. The summed E-state index contributed by atoms with van der Waals surface area (Å²) >= 11 is 0. The molecule has 10 nitrogen and oxygen atoms in total. The lowest BCUT2D eigenvalue weighted by atomic mass is 10.1. The smallest absolute Gasteiger partial charge is 0.315 e. The van der Waals surface area contributed by atoms with Gasteiger partial charge in [-0.3, -0.25) is 19.9 Å². The van der Waals surface area contributed by atoms with Crippen LogP contribution in [0.2, 0.25) is 0 Å². The Balaban J connectivity index is 2.61. The molecule has 2 aromatic rings. The van der Waals surface area contributed by atoms with E-state index in [0.29, 0.717) is 11.3 Å². The van der Waals surface area contributed by atoms with E-state index < -0.39 is 39.3 Å². The minimum atomic E-state index is -0.993. The molecule has 28 heavy (non-hydrogen) atoms. The molecule has 0 aliphatic carbocycles. The number of aliphatic hydroxyl groups excluding tert-OH is 1. The maximum Gasteiger partial charge on any atom is 0.315 e. The average molecular weight is 384 g/mol. The average Bonchev–Trinajstić information content (AvgIpc) is 2.66. The van der Waals surface area contributed by atoms with E-state index in [-0.39, 0.29) is 12.1 Å². The molecule has 0 saturated carbocycles. The maximum absolute atomic E-state index is 12.9. The van der Waals surface area contributed by atoms with Crippen LogP contribution in [-0.4, -0.2) is 37.7 Å². The van der Waals surface area contributed by atoms with Gasteiger partial charge in [-0.15, -0.1) is 0 Å². The molecule has 3 N–H and O–H groups in total. The molecule has 1 heterocycles. The molecule has 0 unspecified atom stereocenters. The number of hydrogen-bond acceptors (Lipinski definition) is 8. The topological polar surface area (TPSA) is 161 Å². The number of phenols is 2. The van der Waals surface area contributed by atoms with Crippen molar-refractivity contribution in [3.05, 3.63) is 57.4 Å². The van der Waals surface area contributed by atoms with Gasteiger partial charge in [0.05, 0.1) is 16.8 Å². The van der Waals surface area contributed by atoms with Crippen molar-refractivity contribution in [1.82, 2.24) is 4.98 Å². The Kier molecular flexibility index (Phi) is 5.80. The van der Waals surface area contributed by atoms with Gasteiger partial charge in [0.2, 0.25) is 5.75 Å². The number of amides is 1. The van der Waals surface area contributed by atoms with Gasteiger partial charge < -0.3 is 20.2 Å². The minimum absolute atomic E-state index is 0.158. The number of nitrogens with zero attached hydrogens (tertiary/aromatic N) is 4. The number of carbonyl (C=O) groups is 1. The molecule has 0 atom stereocenters. The van der Waals surface area contributed by atoms with Crippen molar-refractivity contribution in [3.63, 3.8) is 0 Å². The van der Waals surface area contributed by atoms with Crippen molar-refractivity contribution in [3.8, 4) is 17.6 Å². The monoisotopic (exact) mass is 384 g/mol. The van der Waals surface area contributed by atoms with E-state index in [0.717, 1.165) is 12.1 Å². The van der Waals surface area contributed by atoms with Crippen LogP contribution in [0.25, 0.3) is 5.76 Å². The SMILES string of the molecule is CCN(C(=O)/C(C#N)=C(\O)c1cc(O)c(O)c([N+](=O)[O-])c1)c1cnccc1C. The van der Waals surface area contributed by atoms with Gasteiger partial charge in [-0.05, 0) is 31.5 Å². The second-order valence-electron chi connectivity index (χ2n) is 5.67. The van der Waals surface area contributed by atoms with Gasteiger partial charge >= 0.3 is 5.69 Å². The van der Waals surface area contributed by atoms with E-state index in [4.69, 9.17) is 0 Å². The first-order valence-electron chi connectivity index (χ1n) is 7.99. The maximum atomic E-state index is 12.9. The Hall–Kier alpha value is -4.13. The number of nitriles is 1. The van der Waals surface area contributed by atoms with Gasteiger partial charge in [-0.2, -0.15) is 5.26 Å². The van der Waals surface area contributed by atoms with E-state index in [1.54, 1.807) is 26.0 Å². The zero-order valence-corrected chi connectivity index (χ0v) is 14.9. The van der Waals surface area contributed by atoms with Gasteiger partial charge in [0.25, 0.3) is 5.91 Å². The predicted molar refractivity (Wildman–Crippen MR) is 98.6 cm³/mol. The number of rotatable bonds is 5. The van der Waals surface area contributed by atoms with Crippen LogP contribution in [0.3, 0.4) is 0 Å². The van der Waals surface area contributed by atoms with Crippen LogP contribution in [0.4, 0.5) is 11.4 Å². The molecule has 0 radical (unpaired) electrons. The number of hydrogen-bond donors (Lipinski definition) is 3. The van der Waals surface area contributed by atoms with Gasteiger partial charge in [-0.25, -0.2) is 0 Å². The third-order valence-electron chi connectivity index (χ3n) is 3.97. The van der Waals surface area contributed by atoms with Crippen molar-refractivity contribution in [2.75, 3.05) is 11.4 Å². The fraction of sp³-hybridized carbons (Fsp3) is 0.167. The lowest BCUT2D eigenvalue weighted by molar-refractivity contribution is -0.386. The van der Waals surface area contributed by atoms with Gasteiger partial charge in [0.1, 0.15) is 11.8 Å². The first-order valence-corrected chi connectivity index (χ1v) is 7.99. The summed E-state index contributed by atoms with van der Waals surface area (Å²) in [7, 11) is 0. The van der Waals surface area contributed by atoms with Crippen LogP contribution in [0, 0.1) is 28.4 Å². The molecule has 144 valence electrons. The Morgan fingerprint density at radius 3 is 2.61 bits per heavy atom. The number of aromatic nitrogens is 1. The fourth-order valence-electron chi connectivity index (χ4n) is 2.52. The largest absolute Gasteiger partial charge is 0.506 e. The molecule has 1 aromatic heterocycles. The molecule has 1 amide bonds. The summed E-state index contributed by atoms with van der Waals surface area (Å²) in [5.41, 5.74) is -0.813. The van der Waals surface area contributed by atoms with Crippen molar-refractivity contribution in [2.24, 2.45) is 0 Å². The third kappa shape index (κ3) is 3.68. The molecule has 10 heteroatoms. The van der Waals surface area contributed by atoms with Crippen LogP contribution in [-0.2, 0) is 4.79 Å². The summed E-state index contributed by atoms with van der Waals surface area (Å²) in [4.78, 5) is 28.0. The number of pyridine rings is 1. The summed E-state index contributed by atoms with van der Waals surface area (Å²) in [6.45, 7) is 3.56. The highest BCUT2D eigenvalue weighted by molar-refractivity contribution is 6.12. The van der Waals surface area contributed by atoms with E-state index in [2.05, 4.69) is 4.98 Å². The van der Waals surface area contributed by atoms with Gasteiger partial charge in [0, 0.05) is 24.4 Å².